The molecule has 0 aliphatic carbocycles. The van der Waals surface area contributed by atoms with E-state index in [0.29, 0.717) is 0 Å². The van der Waals surface area contributed by atoms with Gasteiger partial charge in [-0.15, -0.1) is 0 Å². The van der Waals surface area contributed by atoms with Crippen molar-refractivity contribution in [2.75, 3.05) is 0 Å². The average molecular weight is 511 g/mol. The molecule has 0 N–H and O–H groups in total. The van der Waals surface area contributed by atoms with Crippen LogP contribution in [0.1, 0.15) is 98.8 Å². The normalized spacial score (nSPS) is 28.5. The summed E-state index contributed by atoms with van der Waals surface area (Å²) < 4.78 is 33.6. The summed E-state index contributed by atoms with van der Waals surface area (Å²) in [7, 11) is -8.57. The molecule has 0 unspecified atom stereocenters. The van der Waals surface area contributed by atoms with Crippen LogP contribution >= 0.6 is 0 Å². The van der Waals surface area contributed by atoms with Gasteiger partial charge in [-0.25, -0.2) is 0 Å². The molecule has 1 fully saturated rings. The van der Waals surface area contributed by atoms with Crippen LogP contribution in [0, 0.1) is 0 Å². The molecule has 0 radical (unpaired) electrons. The Morgan fingerprint density at radius 2 is 0.500 bits per heavy atom. The minimum Gasteiger partial charge on any atom is -0.420 e. The van der Waals surface area contributed by atoms with E-state index in [9.17, 15) is 0 Å². The zero-order chi connectivity index (χ0) is 22.0. The largest absolute Gasteiger partial charge is 0.420 e. The van der Waals surface area contributed by atoms with Crippen molar-refractivity contribution in [2.24, 2.45) is 0 Å². The Bertz CT molecular complexity index is 305. The van der Waals surface area contributed by atoms with E-state index >= 15 is 0 Å². The summed E-state index contributed by atoms with van der Waals surface area (Å²) in [5.74, 6) is 0. The van der Waals surface area contributed by atoms with Gasteiger partial charge in [-0.05, 0) is 30.2 Å². The van der Waals surface area contributed by atoms with Crippen molar-refractivity contribution in [1.82, 2.24) is 0 Å². The van der Waals surface area contributed by atoms with Crippen LogP contribution in [0.4, 0.5) is 0 Å². The van der Waals surface area contributed by atoms with E-state index < -0.39 is 46.4 Å². The third-order valence-corrected chi connectivity index (χ3v) is 22.0. The van der Waals surface area contributed by atoms with Gasteiger partial charge < -0.3 is 20.6 Å². The van der Waals surface area contributed by atoms with Crippen molar-refractivity contribution in [3.63, 3.8) is 0 Å². The molecule has 30 heavy (non-hydrogen) atoms. The Balaban J connectivity index is 3.01. The first-order chi connectivity index (χ1) is 14.7. The monoisotopic (exact) mass is 510 g/mol. The van der Waals surface area contributed by atoms with Gasteiger partial charge in [0.2, 0.25) is 0 Å². The zero-order valence-electron chi connectivity index (χ0n) is 20.5. The maximum absolute atomic E-state index is 6.73. The van der Waals surface area contributed by atoms with Crippen molar-refractivity contribution in [3.05, 3.63) is 0 Å². The van der Waals surface area contributed by atoms with Gasteiger partial charge in [-0.3, -0.25) is 0 Å². The van der Waals surface area contributed by atoms with Crippen molar-refractivity contribution >= 4 is 46.4 Å². The topological polar surface area (TPSA) is 46.2 Å². The summed E-state index contributed by atoms with van der Waals surface area (Å²) in [5, 5.41) is 0. The first-order valence-electron chi connectivity index (χ1n) is 12.9. The number of rotatable bonds is 15. The predicted octanol–water partition coefficient (Wildman–Crippen LogP) is 5.19. The van der Waals surface area contributed by atoms with Crippen LogP contribution in [-0.2, 0) is 20.6 Å². The number of hydrogen-bond acceptors (Lipinski definition) is 5. The summed E-state index contributed by atoms with van der Waals surface area (Å²) in [4.78, 5) is 0. The fraction of sp³-hybridized carbons (Fsp3) is 1.00. The standard InChI is InChI=1S/C20H50O5Si5/c1-6-11-16-26-21-27(17-12-7-2)23-29(19-14-9-4)25-30(20-15-10-5)24-28(22-26)18-13-8-3/h26-30H,6-20H2,1-5H3. The zero-order valence-corrected chi connectivity index (χ0v) is 26.3. The third-order valence-electron chi connectivity index (χ3n) is 5.48. The lowest BCUT2D eigenvalue weighted by molar-refractivity contribution is 0.276. The predicted molar refractivity (Wildman–Crippen MR) is 140 cm³/mol. The van der Waals surface area contributed by atoms with Crippen molar-refractivity contribution in [1.29, 1.82) is 0 Å². The van der Waals surface area contributed by atoms with Crippen LogP contribution in [0.25, 0.3) is 0 Å². The molecule has 180 valence electrons. The molecular weight excluding hydrogens is 461 g/mol. The highest BCUT2D eigenvalue weighted by atomic mass is 28.5. The molecule has 1 aliphatic rings. The van der Waals surface area contributed by atoms with Gasteiger partial charge in [0.05, 0.1) is 0 Å². The number of unbranched alkanes of at least 4 members (excludes halogenated alkanes) is 5. The Morgan fingerprint density at radius 1 is 0.333 bits per heavy atom. The van der Waals surface area contributed by atoms with Gasteiger partial charge >= 0.3 is 46.4 Å². The third kappa shape index (κ3) is 13.4. The van der Waals surface area contributed by atoms with Crippen LogP contribution < -0.4 is 0 Å². The number of hydrogen-bond donors (Lipinski definition) is 0. The fourth-order valence-electron chi connectivity index (χ4n) is 3.54. The van der Waals surface area contributed by atoms with E-state index in [1.807, 2.05) is 0 Å². The van der Waals surface area contributed by atoms with E-state index in [1.165, 1.54) is 64.2 Å². The van der Waals surface area contributed by atoms with E-state index in [4.69, 9.17) is 20.6 Å². The molecule has 1 rings (SSSR count). The molecule has 5 nitrogen and oxygen atoms in total. The molecule has 0 aromatic heterocycles. The van der Waals surface area contributed by atoms with Crippen LogP contribution in [0.15, 0.2) is 0 Å². The second-order valence-electron chi connectivity index (χ2n) is 8.54. The highest BCUT2D eigenvalue weighted by Crippen LogP contribution is 2.21. The van der Waals surface area contributed by atoms with Gasteiger partial charge in [0.1, 0.15) is 0 Å². The van der Waals surface area contributed by atoms with Crippen LogP contribution in [0.2, 0.25) is 30.2 Å². The lowest BCUT2D eigenvalue weighted by Crippen LogP contribution is -2.48. The lowest BCUT2D eigenvalue weighted by atomic mass is 10.4. The fourth-order valence-corrected chi connectivity index (χ4v) is 23.6. The average Bonchev–Trinajstić information content (AvgIpc) is 2.75. The Hall–Kier alpha value is 0.884. The first kappa shape index (κ1) is 28.9. The molecule has 0 bridgehead atoms. The SMILES string of the molecule is CCCC[SiH]1O[SiH](CCCC)O[SiH](CCCC)O[SiH](CCCC)O[SiH](CCCC)O1. The molecule has 1 aliphatic heterocycles. The van der Waals surface area contributed by atoms with Gasteiger partial charge in [-0.2, -0.15) is 0 Å². The Labute approximate surface area is 195 Å². The molecular formula is C20H50O5Si5. The molecule has 1 saturated heterocycles. The highest BCUT2D eigenvalue weighted by molar-refractivity contribution is 6.74. The van der Waals surface area contributed by atoms with Crippen LogP contribution in [0.3, 0.4) is 0 Å². The smallest absolute Gasteiger partial charge is 0.303 e. The summed E-state index contributed by atoms with van der Waals surface area (Å²) in [5.41, 5.74) is 0. The van der Waals surface area contributed by atoms with Crippen molar-refractivity contribution in [2.45, 2.75) is 129 Å². The molecule has 0 saturated carbocycles. The molecule has 1 heterocycles. The minimum absolute atomic E-state index is 1.11. The maximum atomic E-state index is 6.73. The molecule has 0 aromatic carbocycles. The van der Waals surface area contributed by atoms with Gasteiger partial charge in [0.15, 0.2) is 0 Å². The lowest BCUT2D eigenvalue weighted by Gasteiger charge is -2.34. The molecule has 0 atom stereocenters. The highest BCUT2D eigenvalue weighted by Gasteiger charge is 2.34. The second-order valence-corrected chi connectivity index (χ2v) is 21.2. The van der Waals surface area contributed by atoms with E-state index in [2.05, 4.69) is 34.6 Å². The van der Waals surface area contributed by atoms with E-state index in [-0.39, 0.29) is 0 Å². The minimum atomic E-state index is -1.71. The van der Waals surface area contributed by atoms with Crippen LogP contribution in [-0.4, -0.2) is 46.4 Å². The van der Waals surface area contributed by atoms with Gasteiger partial charge in [0, 0.05) is 0 Å². The van der Waals surface area contributed by atoms with Crippen LogP contribution in [0.5, 0.6) is 0 Å². The molecule has 0 amide bonds. The first-order valence-corrected chi connectivity index (χ1v) is 21.7. The summed E-state index contributed by atoms with van der Waals surface area (Å²) in [6.07, 6.45) is 12.0. The van der Waals surface area contributed by atoms with E-state index in [1.54, 1.807) is 0 Å². The summed E-state index contributed by atoms with van der Waals surface area (Å²) in [6.45, 7) is 11.3. The Morgan fingerprint density at radius 3 is 0.633 bits per heavy atom. The van der Waals surface area contributed by atoms with Crippen molar-refractivity contribution < 1.29 is 20.6 Å². The van der Waals surface area contributed by atoms with Crippen molar-refractivity contribution in [3.8, 4) is 0 Å². The summed E-state index contributed by atoms with van der Waals surface area (Å²) >= 11 is 0. The quantitative estimate of drug-likeness (QED) is 0.284. The van der Waals surface area contributed by atoms with E-state index in [0.717, 1.165) is 30.2 Å². The summed E-state index contributed by atoms with van der Waals surface area (Å²) in [6, 6.07) is 5.54. The molecule has 10 heteroatoms. The molecule has 0 aromatic rings. The van der Waals surface area contributed by atoms with Gasteiger partial charge in [-0.1, -0.05) is 98.8 Å². The molecule has 0 spiro atoms. The Kier molecular flexibility index (Phi) is 18.7. The second kappa shape index (κ2) is 19.4. The van der Waals surface area contributed by atoms with Gasteiger partial charge in [0.25, 0.3) is 0 Å². The maximum Gasteiger partial charge on any atom is 0.303 e.